The summed E-state index contributed by atoms with van der Waals surface area (Å²) in [6, 6.07) is 9.74. The van der Waals surface area contributed by atoms with E-state index in [9.17, 15) is 9.90 Å². The van der Waals surface area contributed by atoms with E-state index in [4.69, 9.17) is 0 Å². The maximum atomic E-state index is 11.5. The van der Waals surface area contributed by atoms with Crippen LogP contribution in [0.2, 0.25) is 0 Å². The monoisotopic (exact) mass is 381 g/mol. The Balaban J connectivity index is 1.50. The Morgan fingerprint density at radius 3 is 2.46 bits per heavy atom. The number of anilines is 2. The molecule has 148 valence electrons. The Kier molecular flexibility index (Phi) is 5.43. The van der Waals surface area contributed by atoms with Crippen molar-refractivity contribution in [3.05, 3.63) is 30.3 Å². The fourth-order valence-electron chi connectivity index (χ4n) is 4.24. The first kappa shape index (κ1) is 18.7. The molecule has 2 aliphatic rings. The molecule has 28 heavy (non-hydrogen) atoms. The molecule has 0 atom stereocenters. The Hall–Kier alpha value is -2.67. The van der Waals surface area contributed by atoms with Gasteiger partial charge in [0, 0.05) is 57.7 Å². The quantitative estimate of drug-likeness (QED) is 0.842. The second kappa shape index (κ2) is 8.14. The van der Waals surface area contributed by atoms with Crippen LogP contribution in [0.15, 0.2) is 30.3 Å². The van der Waals surface area contributed by atoms with Crippen LogP contribution in [-0.2, 0) is 4.79 Å². The number of ketones is 1. The van der Waals surface area contributed by atoms with Crippen molar-refractivity contribution in [3.63, 3.8) is 0 Å². The number of rotatable bonds is 4. The third kappa shape index (κ3) is 3.80. The molecule has 1 aromatic heterocycles. The summed E-state index contributed by atoms with van der Waals surface area (Å²) in [7, 11) is 1.85. The summed E-state index contributed by atoms with van der Waals surface area (Å²) >= 11 is 0. The molecule has 2 heterocycles. The number of piperazine rings is 1. The third-order valence-electron chi connectivity index (χ3n) is 5.87. The average molecular weight is 381 g/mol. The molecule has 1 saturated carbocycles. The molecular formula is C21H27N5O2. The van der Waals surface area contributed by atoms with Gasteiger partial charge in [-0.1, -0.05) is 12.1 Å². The molecule has 0 amide bonds. The highest BCUT2D eigenvalue weighted by Crippen LogP contribution is 2.33. The summed E-state index contributed by atoms with van der Waals surface area (Å²) in [5.74, 6) is 1.36. The molecule has 0 unspecified atom stereocenters. The zero-order valence-electron chi connectivity index (χ0n) is 16.3. The van der Waals surface area contributed by atoms with Crippen LogP contribution in [0.1, 0.15) is 25.7 Å². The van der Waals surface area contributed by atoms with Gasteiger partial charge in [-0.3, -0.25) is 9.69 Å². The van der Waals surface area contributed by atoms with Gasteiger partial charge in [0.2, 0.25) is 0 Å². The van der Waals surface area contributed by atoms with Crippen molar-refractivity contribution >= 4 is 17.3 Å². The largest absolute Gasteiger partial charge is 0.507 e. The number of aromatic hydroxyl groups is 1. The molecule has 0 bridgehead atoms. The minimum atomic E-state index is 0.205. The van der Waals surface area contributed by atoms with Crippen molar-refractivity contribution in [2.75, 3.05) is 43.4 Å². The predicted octanol–water partition coefficient (Wildman–Crippen LogP) is 2.52. The number of para-hydroxylation sites is 1. The molecular weight excluding hydrogens is 354 g/mol. The average Bonchev–Trinajstić information content (AvgIpc) is 2.74. The lowest BCUT2D eigenvalue weighted by molar-refractivity contribution is -0.121. The molecule has 1 aliphatic carbocycles. The first-order valence-electron chi connectivity index (χ1n) is 10.00. The SMILES string of the molecule is CNc1nnc(-c2ccccc2O)cc1N1CCN(C2CCC(=O)CC2)CC1. The van der Waals surface area contributed by atoms with Crippen LogP contribution in [-0.4, -0.2) is 65.3 Å². The lowest BCUT2D eigenvalue weighted by atomic mass is 9.93. The highest BCUT2D eigenvalue weighted by molar-refractivity contribution is 5.79. The molecule has 2 N–H and O–H groups in total. The number of nitrogens with one attached hydrogen (secondary N) is 1. The fourth-order valence-corrected chi connectivity index (χ4v) is 4.24. The standard InChI is InChI=1S/C21H27N5O2/c1-22-21-19(14-18(23-24-21)17-4-2-3-5-20(17)28)26-12-10-25(11-13-26)15-6-8-16(27)9-7-15/h2-5,14-15,28H,6-13H2,1H3,(H,22,24). The number of carbonyl (C=O) groups excluding carboxylic acids is 1. The van der Waals surface area contributed by atoms with Crippen LogP contribution in [0.5, 0.6) is 5.75 Å². The summed E-state index contributed by atoms with van der Waals surface area (Å²) < 4.78 is 0. The number of hydrogen-bond acceptors (Lipinski definition) is 7. The molecule has 2 fully saturated rings. The van der Waals surface area contributed by atoms with Crippen LogP contribution in [0.3, 0.4) is 0 Å². The number of carbonyl (C=O) groups is 1. The zero-order chi connectivity index (χ0) is 19.5. The number of nitrogens with zero attached hydrogens (tertiary/aromatic N) is 4. The normalized spacial score (nSPS) is 19.0. The van der Waals surface area contributed by atoms with Gasteiger partial charge in [-0.2, -0.15) is 0 Å². The Bertz CT molecular complexity index is 838. The van der Waals surface area contributed by atoms with Gasteiger partial charge >= 0.3 is 0 Å². The van der Waals surface area contributed by atoms with Gasteiger partial charge in [-0.15, -0.1) is 10.2 Å². The van der Waals surface area contributed by atoms with E-state index in [-0.39, 0.29) is 5.75 Å². The van der Waals surface area contributed by atoms with E-state index in [0.717, 1.165) is 63.4 Å². The number of benzene rings is 1. The number of phenols is 1. The van der Waals surface area contributed by atoms with Crippen LogP contribution in [0, 0.1) is 0 Å². The van der Waals surface area contributed by atoms with E-state index < -0.39 is 0 Å². The summed E-state index contributed by atoms with van der Waals surface area (Å²) in [6.45, 7) is 3.78. The smallest absolute Gasteiger partial charge is 0.172 e. The molecule has 7 nitrogen and oxygen atoms in total. The van der Waals surface area contributed by atoms with Crippen molar-refractivity contribution in [1.29, 1.82) is 0 Å². The number of aromatic nitrogens is 2. The predicted molar refractivity (Wildman–Crippen MR) is 110 cm³/mol. The molecule has 7 heteroatoms. The van der Waals surface area contributed by atoms with Gasteiger partial charge in [0.15, 0.2) is 5.82 Å². The van der Waals surface area contributed by atoms with Gasteiger partial charge in [-0.25, -0.2) is 0 Å². The number of Topliss-reactive ketones (excluding diaryl/α,β-unsaturated/α-hetero) is 1. The third-order valence-corrected chi connectivity index (χ3v) is 5.87. The Morgan fingerprint density at radius 1 is 1.07 bits per heavy atom. The number of hydrogen-bond donors (Lipinski definition) is 2. The maximum absolute atomic E-state index is 11.5. The highest BCUT2D eigenvalue weighted by atomic mass is 16.3. The number of phenolic OH excluding ortho intramolecular Hbond substituents is 1. The van der Waals surface area contributed by atoms with Crippen molar-refractivity contribution in [2.24, 2.45) is 0 Å². The lowest BCUT2D eigenvalue weighted by Gasteiger charge is -2.41. The van der Waals surface area contributed by atoms with Gasteiger partial charge in [0.05, 0.1) is 11.4 Å². The maximum Gasteiger partial charge on any atom is 0.172 e. The van der Waals surface area contributed by atoms with Crippen LogP contribution in [0.25, 0.3) is 11.3 Å². The van der Waals surface area contributed by atoms with E-state index in [1.165, 1.54) is 0 Å². The lowest BCUT2D eigenvalue weighted by Crippen LogP contribution is -2.51. The second-order valence-electron chi connectivity index (χ2n) is 7.52. The van der Waals surface area contributed by atoms with Gasteiger partial charge in [-0.05, 0) is 31.0 Å². The van der Waals surface area contributed by atoms with E-state index in [2.05, 4.69) is 25.3 Å². The topological polar surface area (TPSA) is 81.6 Å². The Morgan fingerprint density at radius 2 is 1.79 bits per heavy atom. The van der Waals surface area contributed by atoms with Crippen molar-refractivity contribution < 1.29 is 9.90 Å². The second-order valence-corrected chi connectivity index (χ2v) is 7.52. The first-order valence-corrected chi connectivity index (χ1v) is 10.00. The van der Waals surface area contributed by atoms with Crippen LogP contribution in [0.4, 0.5) is 11.5 Å². The van der Waals surface area contributed by atoms with E-state index in [1.807, 2.05) is 25.2 Å². The molecule has 0 radical (unpaired) electrons. The van der Waals surface area contributed by atoms with Gasteiger partial charge in [0.25, 0.3) is 0 Å². The van der Waals surface area contributed by atoms with E-state index >= 15 is 0 Å². The van der Waals surface area contributed by atoms with Crippen molar-refractivity contribution in [1.82, 2.24) is 15.1 Å². The van der Waals surface area contributed by atoms with Crippen molar-refractivity contribution in [2.45, 2.75) is 31.7 Å². The summed E-state index contributed by atoms with van der Waals surface area (Å²) in [5.41, 5.74) is 2.36. The zero-order valence-corrected chi connectivity index (χ0v) is 16.3. The van der Waals surface area contributed by atoms with E-state index in [1.54, 1.807) is 12.1 Å². The van der Waals surface area contributed by atoms with Crippen LogP contribution >= 0.6 is 0 Å². The fraction of sp³-hybridized carbons (Fsp3) is 0.476. The molecule has 1 aliphatic heterocycles. The molecule has 2 aromatic rings. The molecule has 1 saturated heterocycles. The van der Waals surface area contributed by atoms with Crippen molar-refractivity contribution in [3.8, 4) is 17.0 Å². The first-order chi connectivity index (χ1) is 13.7. The minimum absolute atomic E-state index is 0.205. The van der Waals surface area contributed by atoms with Gasteiger partial charge < -0.3 is 15.3 Å². The summed E-state index contributed by atoms with van der Waals surface area (Å²) in [5, 5.41) is 21.9. The van der Waals surface area contributed by atoms with Crippen LogP contribution < -0.4 is 10.2 Å². The summed E-state index contributed by atoms with van der Waals surface area (Å²) in [4.78, 5) is 16.4. The molecule has 0 spiro atoms. The molecule has 1 aromatic carbocycles. The minimum Gasteiger partial charge on any atom is -0.507 e. The molecule has 4 rings (SSSR count). The highest BCUT2D eigenvalue weighted by Gasteiger charge is 2.28. The Labute approximate surface area is 165 Å². The van der Waals surface area contributed by atoms with Gasteiger partial charge in [0.1, 0.15) is 11.5 Å². The summed E-state index contributed by atoms with van der Waals surface area (Å²) in [6.07, 6.45) is 3.45. The van der Waals surface area contributed by atoms with E-state index in [0.29, 0.717) is 23.1 Å².